The predicted octanol–water partition coefficient (Wildman–Crippen LogP) is 3.62. The van der Waals surface area contributed by atoms with E-state index in [0.29, 0.717) is 23.9 Å². The van der Waals surface area contributed by atoms with Crippen molar-refractivity contribution in [2.45, 2.75) is 32.8 Å². The molecular weight excluding hydrogens is 256 g/mol. The Morgan fingerprint density at radius 1 is 1.30 bits per heavy atom. The van der Waals surface area contributed by atoms with Crippen molar-refractivity contribution < 1.29 is 14.0 Å². The zero-order valence-electron chi connectivity index (χ0n) is 11.5. The molecule has 3 rings (SSSR count). The number of aliphatic hydroxyl groups excluding tert-OH is 1. The highest BCUT2D eigenvalue weighted by Crippen LogP contribution is 2.28. The lowest BCUT2D eigenvalue weighted by atomic mass is 10.2. The van der Waals surface area contributed by atoms with Gasteiger partial charge in [0.15, 0.2) is 5.76 Å². The Bertz CT molecular complexity index is 730. The first-order chi connectivity index (χ1) is 9.67. The molecule has 0 aliphatic heterocycles. The maximum Gasteiger partial charge on any atom is 0.293 e. The van der Waals surface area contributed by atoms with Crippen LogP contribution < -0.4 is 0 Å². The number of hydrogen-bond donors (Lipinski definition) is 1. The van der Waals surface area contributed by atoms with Gasteiger partial charge in [-0.3, -0.25) is 0 Å². The fourth-order valence-electron chi connectivity index (χ4n) is 2.14. The minimum atomic E-state index is -0.691. The van der Waals surface area contributed by atoms with Crippen molar-refractivity contribution in [3.05, 3.63) is 35.7 Å². The van der Waals surface area contributed by atoms with Crippen LogP contribution in [0.2, 0.25) is 0 Å². The first kappa shape index (κ1) is 12.9. The van der Waals surface area contributed by atoms with Gasteiger partial charge in [-0.25, -0.2) is 0 Å². The van der Waals surface area contributed by atoms with Crippen LogP contribution in [-0.4, -0.2) is 15.2 Å². The van der Waals surface area contributed by atoms with E-state index >= 15 is 0 Å². The molecule has 0 aliphatic carbocycles. The molecule has 1 unspecified atom stereocenters. The van der Waals surface area contributed by atoms with Gasteiger partial charge in [0.1, 0.15) is 11.7 Å². The second-order valence-electron chi connectivity index (χ2n) is 4.91. The quantitative estimate of drug-likeness (QED) is 0.785. The Morgan fingerprint density at radius 2 is 2.15 bits per heavy atom. The fraction of sp³-hybridized carbons (Fsp3) is 0.333. The van der Waals surface area contributed by atoms with Gasteiger partial charge in [-0.1, -0.05) is 30.1 Å². The normalized spacial score (nSPS) is 12.9. The third-order valence-electron chi connectivity index (χ3n) is 3.18. The molecule has 1 N–H and O–H groups in total. The summed E-state index contributed by atoms with van der Waals surface area (Å²) in [5.74, 6) is 1.12. The summed E-state index contributed by atoms with van der Waals surface area (Å²) in [6.07, 6.45) is 0.775. The maximum atomic E-state index is 9.84. The summed E-state index contributed by atoms with van der Waals surface area (Å²) in [5, 5.41) is 14.6. The number of aryl methyl sites for hydroxylation is 1. The van der Waals surface area contributed by atoms with Gasteiger partial charge in [0.05, 0.1) is 0 Å². The van der Waals surface area contributed by atoms with Crippen molar-refractivity contribution in [1.29, 1.82) is 0 Å². The molecule has 20 heavy (non-hydrogen) atoms. The van der Waals surface area contributed by atoms with Gasteiger partial charge in [0.25, 0.3) is 5.89 Å². The van der Waals surface area contributed by atoms with E-state index in [1.807, 2.05) is 38.1 Å². The Labute approximate surface area is 116 Å². The lowest BCUT2D eigenvalue weighted by Gasteiger charge is -2.00. The molecular formula is C15H16N2O3. The van der Waals surface area contributed by atoms with E-state index in [-0.39, 0.29) is 0 Å². The van der Waals surface area contributed by atoms with Gasteiger partial charge in [-0.05, 0) is 31.5 Å². The highest BCUT2D eigenvalue weighted by Gasteiger charge is 2.18. The maximum absolute atomic E-state index is 9.84. The highest BCUT2D eigenvalue weighted by molar-refractivity contribution is 5.82. The third kappa shape index (κ3) is 2.32. The number of hydrogen-bond acceptors (Lipinski definition) is 5. The molecule has 3 aromatic rings. The van der Waals surface area contributed by atoms with E-state index in [2.05, 4.69) is 10.1 Å². The highest BCUT2D eigenvalue weighted by atomic mass is 16.5. The summed E-state index contributed by atoms with van der Waals surface area (Å²) in [6, 6.07) is 7.80. The molecule has 0 radical (unpaired) electrons. The molecule has 0 spiro atoms. The molecule has 0 fully saturated rings. The molecule has 5 nitrogen and oxygen atoms in total. The Balaban J connectivity index is 1.94. The minimum Gasteiger partial charge on any atom is -0.451 e. The molecule has 5 heteroatoms. The van der Waals surface area contributed by atoms with Crippen LogP contribution in [0.15, 0.2) is 33.2 Å². The summed E-state index contributed by atoms with van der Waals surface area (Å²) in [7, 11) is 0. The first-order valence-corrected chi connectivity index (χ1v) is 6.69. The Hall–Kier alpha value is -2.14. The fourth-order valence-corrected chi connectivity index (χ4v) is 2.14. The lowest BCUT2D eigenvalue weighted by Crippen LogP contribution is -1.98. The summed E-state index contributed by atoms with van der Waals surface area (Å²) in [4.78, 5) is 4.20. The first-order valence-electron chi connectivity index (χ1n) is 6.69. The molecule has 0 saturated carbocycles. The van der Waals surface area contributed by atoms with Gasteiger partial charge in [0.2, 0.25) is 5.82 Å². The molecule has 1 atom stereocenters. The summed E-state index contributed by atoms with van der Waals surface area (Å²) < 4.78 is 10.8. The monoisotopic (exact) mass is 272 g/mol. The van der Waals surface area contributed by atoms with E-state index in [1.165, 1.54) is 0 Å². The smallest absolute Gasteiger partial charge is 0.293 e. The molecule has 104 valence electrons. The zero-order chi connectivity index (χ0) is 14.1. The molecule has 0 saturated heterocycles. The average molecular weight is 272 g/mol. The zero-order valence-corrected chi connectivity index (χ0v) is 11.5. The summed E-state index contributed by atoms with van der Waals surface area (Å²) in [5.41, 5.74) is 1.94. The number of furan rings is 1. The van der Waals surface area contributed by atoms with Gasteiger partial charge in [-0.2, -0.15) is 4.98 Å². The lowest BCUT2D eigenvalue weighted by molar-refractivity contribution is 0.153. The van der Waals surface area contributed by atoms with E-state index < -0.39 is 6.10 Å². The molecule has 2 heterocycles. The van der Waals surface area contributed by atoms with Crippen LogP contribution in [-0.2, 0) is 0 Å². The number of aromatic nitrogens is 2. The standard InChI is InChI=1S/C15H16N2O3/c1-3-4-11(18)14-16-15(20-17-14)13-8-10-7-9(2)5-6-12(10)19-13/h5-8,11,18H,3-4H2,1-2H3. The number of aliphatic hydroxyl groups is 1. The summed E-state index contributed by atoms with van der Waals surface area (Å²) >= 11 is 0. The SMILES string of the molecule is CCCC(O)c1noc(-c2cc3cc(C)ccc3o2)n1. The van der Waals surface area contributed by atoms with Crippen LogP contribution in [0.3, 0.4) is 0 Å². The van der Waals surface area contributed by atoms with Crippen molar-refractivity contribution in [3.8, 4) is 11.7 Å². The Kier molecular flexibility index (Phi) is 3.28. The van der Waals surface area contributed by atoms with Crippen LogP contribution in [0.4, 0.5) is 0 Å². The van der Waals surface area contributed by atoms with E-state index in [9.17, 15) is 5.11 Å². The molecule has 2 aromatic heterocycles. The van der Waals surface area contributed by atoms with Crippen LogP contribution in [0, 0.1) is 6.92 Å². The summed E-state index contributed by atoms with van der Waals surface area (Å²) in [6.45, 7) is 4.02. The van der Waals surface area contributed by atoms with Crippen LogP contribution in [0.5, 0.6) is 0 Å². The minimum absolute atomic E-state index is 0.295. The molecule has 0 amide bonds. The van der Waals surface area contributed by atoms with Crippen molar-refractivity contribution in [2.75, 3.05) is 0 Å². The van der Waals surface area contributed by atoms with Crippen LogP contribution >= 0.6 is 0 Å². The Morgan fingerprint density at radius 3 is 2.95 bits per heavy atom. The van der Waals surface area contributed by atoms with Crippen molar-refractivity contribution in [2.24, 2.45) is 0 Å². The van der Waals surface area contributed by atoms with E-state index in [1.54, 1.807) is 0 Å². The number of nitrogens with zero attached hydrogens (tertiary/aromatic N) is 2. The van der Waals surface area contributed by atoms with E-state index in [4.69, 9.17) is 8.94 Å². The van der Waals surface area contributed by atoms with E-state index in [0.717, 1.165) is 23.0 Å². The van der Waals surface area contributed by atoms with Crippen molar-refractivity contribution in [3.63, 3.8) is 0 Å². The molecule has 0 aliphatic rings. The van der Waals surface area contributed by atoms with Gasteiger partial charge < -0.3 is 14.0 Å². The predicted molar refractivity (Wildman–Crippen MR) is 74.1 cm³/mol. The van der Waals surface area contributed by atoms with Crippen LogP contribution in [0.25, 0.3) is 22.6 Å². The second kappa shape index (κ2) is 5.09. The van der Waals surface area contributed by atoms with Crippen molar-refractivity contribution >= 4 is 11.0 Å². The van der Waals surface area contributed by atoms with Gasteiger partial charge >= 0.3 is 0 Å². The van der Waals surface area contributed by atoms with Crippen LogP contribution in [0.1, 0.15) is 37.3 Å². The number of fused-ring (bicyclic) bond motifs is 1. The van der Waals surface area contributed by atoms with Gasteiger partial charge in [0, 0.05) is 5.39 Å². The van der Waals surface area contributed by atoms with Crippen molar-refractivity contribution in [1.82, 2.24) is 10.1 Å². The largest absolute Gasteiger partial charge is 0.451 e. The molecule has 1 aromatic carbocycles. The average Bonchev–Trinajstić information content (AvgIpc) is 3.04. The van der Waals surface area contributed by atoms with Gasteiger partial charge in [-0.15, -0.1) is 0 Å². The number of rotatable bonds is 4. The topological polar surface area (TPSA) is 72.3 Å². The third-order valence-corrected chi connectivity index (χ3v) is 3.18. The molecule has 0 bridgehead atoms. The second-order valence-corrected chi connectivity index (χ2v) is 4.91. The number of benzene rings is 1.